The maximum Gasteiger partial charge on any atom is 0.0511 e. The second-order valence-corrected chi connectivity index (χ2v) is 5.01. The first kappa shape index (κ1) is 8.81. The average Bonchev–Trinajstić information content (AvgIpc) is 2.93. The van der Waals surface area contributed by atoms with Gasteiger partial charge in [0.2, 0.25) is 0 Å². The third-order valence-corrected chi connectivity index (χ3v) is 3.62. The monoisotopic (exact) mass is 269 g/mol. The highest BCUT2D eigenvalue weighted by Gasteiger charge is 2.25. The predicted molar refractivity (Wildman–Crippen MR) is 62.9 cm³/mol. The Hall–Kier alpha value is -0.470. The van der Waals surface area contributed by atoms with Gasteiger partial charge < -0.3 is 4.57 Å². The molecule has 1 nitrogen and oxygen atoms in total. The van der Waals surface area contributed by atoms with Crippen LogP contribution in [0.2, 0.25) is 5.02 Å². The molecular formula is C11H9BrClN. The first-order chi connectivity index (χ1) is 6.77. The number of hydrogen-bond acceptors (Lipinski definition) is 0. The van der Waals surface area contributed by atoms with E-state index >= 15 is 0 Å². The molecule has 0 radical (unpaired) electrons. The van der Waals surface area contributed by atoms with Crippen LogP contribution in [-0.4, -0.2) is 4.57 Å². The van der Waals surface area contributed by atoms with E-state index in [1.165, 1.54) is 18.4 Å². The van der Waals surface area contributed by atoms with Crippen molar-refractivity contribution in [3.63, 3.8) is 0 Å². The van der Waals surface area contributed by atoms with Crippen molar-refractivity contribution in [3.8, 4) is 0 Å². The Labute approximate surface area is 95.8 Å². The minimum absolute atomic E-state index is 0.697. The second-order valence-electron chi connectivity index (χ2n) is 3.75. The van der Waals surface area contributed by atoms with Crippen LogP contribution in [0.3, 0.4) is 0 Å². The molecule has 0 amide bonds. The quantitative estimate of drug-likeness (QED) is 0.724. The van der Waals surface area contributed by atoms with Crippen LogP contribution >= 0.6 is 27.5 Å². The van der Waals surface area contributed by atoms with Gasteiger partial charge in [0.1, 0.15) is 0 Å². The van der Waals surface area contributed by atoms with Gasteiger partial charge in [-0.1, -0.05) is 17.7 Å². The van der Waals surface area contributed by atoms with Gasteiger partial charge in [-0.3, -0.25) is 0 Å². The van der Waals surface area contributed by atoms with Crippen molar-refractivity contribution in [3.05, 3.63) is 33.9 Å². The lowest BCUT2D eigenvalue weighted by atomic mass is 10.2. The predicted octanol–water partition coefficient (Wildman–Crippen LogP) is 4.39. The van der Waals surface area contributed by atoms with Crippen LogP contribution in [-0.2, 0) is 0 Å². The van der Waals surface area contributed by atoms with Crippen LogP contribution in [0, 0.1) is 0 Å². The molecule has 72 valence electrons. The Kier molecular flexibility index (Phi) is 1.89. The van der Waals surface area contributed by atoms with Gasteiger partial charge in [-0.05, 0) is 40.9 Å². The van der Waals surface area contributed by atoms with Gasteiger partial charge >= 0.3 is 0 Å². The van der Waals surface area contributed by atoms with Crippen molar-refractivity contribution >= 4 is 38.4 Å². The molecule has 2 aromatic rings. The van der Waals surface area contributed by atoms with Gasteiger partial charge in [0.05, 0.1) is 10.5 Å². The molecule has 0 spiro atoms. The van der Waals surface area contributed by atoms with Crippen molar-refractivity contribution in [1.29, 1.82) is 0 Å². The molecule has 0 bridgehead atoms. The van der Waals surface area contributed by atoms with E-state index < -0.39 is 0 Å². The molecule has 14 heavy (non-hydrogen) atoms. The van der Waals surface area contributed by atoms with Crippen molar-refractivity contribution in [2.24, 2.45) is 0 Å². The lowest BCUT2D eigenvalue weighted by Crippen LogP contribution is -1.89. The average molecular weight is 271 g/mol. The summed E-state index contributed by atoms with van der Waals surface area (Å²) in [4.78, 5) is 0. The van der Waals surface area contributed by atoms with E-state index in [0.717, 1.165) is 14.9 Å². The van der Waals surface area contributed by atoms with Crippen LogP contribution in [0.5, 0.6) is 0 Å². The highest BCUT2D eigenvalue weighted by atomic mass is 79.9. The molecule has 1 heterocycles. The number of nitrogens with zero attached hydrogens (tertiary/aromatic N) is 1. The topological polar surface area (TPSA) is 4.93 Å². The van der Waals surface area contributed by atoms with E-state index in [1.807, 2.05) is 12.1 Å². The lowest BCUT2D eigenvalue weighted by molar-refractivity contribution is 0.774. The summed E-state index contributed by atoms with van der Waals surface area (Å²) in [5.41, 5.74) is 1.24. The Bertz CT molecular complexity index is 499. The Morgan fingerprint density at radius 2 is 2.14 bits per heavy atom. The molecule has 1 saturated carbocycles. The third kappa shape index (κ3) is 1.21. The Morgan fingerprint density at radius 1 is 1.36 bits per heavy atom. The summed E-state index contributed by atoms with van der Waals surface area (Å²) >= 11 is 9.72. The van der Waals surface area contributed by atoms with E-state index in [4.69, 9.17) is 11.6 Å². The Morgan fingerprint density at radius 3 is 2.86 bits per heavy atom. The summed E-state index contributed by atoms with van der Waals surface area (Å²) in [6, 6.07) is 6.77. The summed E-state index contributed by atoms with van der Waals surface area (Å²) in [6.45, 7) is 0. The smallest absolute Gasteiger partial charge is 0.0511 e. The molecule has 3 rings (SSSR count). The van der Waals surface area contributed by atoms with Gasteiger partial charge in [-0.15, -0.1) is 0 Å². The fraction of sp³-hybridized carbons (Fsp3) is 0.273. The number of halogens is 2. The van der Waals surface area contributed by atoms with Crippen LogP contribution in [0.1, 0.15) is 18.9 Å². The third-order valence-electron chi connectivity index (χ3n) is 2.70. The Balaban J connectivity index is 2.37. The van der Waals surface area contributed by atoms with Crippen LogP contribution in [0.4, 0.5) is 0 Å². The molecule has 1 aromatic heterocycles. The molecule has 0 N–H and O–H groups in total. The fourth-order valence-electron chi connectivity index (χ4n) is 1.88. The number of benzene rings is 1. The number of fused-ring (bicyclic) bond motifs is 1. The van der Waals surface area contributed by atoms with Gasteiger partial charge in [0, 0.05) is 22.1 Å². The minimum Gasteiger partial charge on any atom is -0.343 e. The van der Waals surface area contributed by atoms with Crippen LogP contribution in [0.25, 0.3) is 10.9 Å². The minimum atomic E-state index is 0.697. The maximum absolute atomic E-state index is 6.16. The zero-order valence-corrected chi connectivity index (χ0v) is 9.85. The summed E-state index contributed by atoms with van der Waals surface area (Å²) in [5, 5.41) is 1.97. The molecule has 0 atom stereocenters. The van der Waals surface area contributed by atoms with Crippen molar-refractivity contribution in [1.82, 2.24) is 4.57 Å². The van der Waals surface area contributed by atoms with Gasteiger partial charge in [0.25, 0.3) is 0 Å². The first-order valence-electron chi connectivity index (χ1n) is 4.72. The van der Waals surface area contributed by atoms with E-state index in [9.17, 15) is 0 Å². The largest absolute Gasteiger partial charge is 0.343 e. The zero-order chi connectivity index (χ0) is 9.71. The molecular weight excluding hydrogens is 261 g/mol. The fourth-order valence-corrected chi connectivity index (χ4v) is 2.90. The van der Waals surface area contributed by atoms with E-state index in [-0.39, 0.29) is 0 Å². The summed E-state index contributed by atoms with van der Waals surface area (Å²) in [6.07, 6.45) is 4.74. The maximum atomic E-state index is 6.16. The van der Waals surface area contributed by atoms with Gasteiger partial charge in [-0.25, -0.2) is 0 Å². The van der Waals surface area contributed by atoms with Crippen molar-refractivity contribution in [2.75, 3.05) is 0 Å². The second kappa shape index (κ2) is 3.01. The first-order valence-corrected chi connectivity index (χ1v) is 5.89. The molecule has 0 saturated heterocycles. The summed E-state index contributed by atoms with van der Waals surface area (Å²) in [7, 11) is 0. The van der Waals surface area contributed by atoms with E-state index in [0.29, 0.717) is 6.04 Å². The zero-order valence-electron chi connectivity index (χ0n) is 7.50. The molecule has 0 aliphatic heterocycles. The standard InChI is InChI=1S/C11H9BrClN/c12-8-6-14(7-4-5-7)10-3-1-2-9(13)11(8)10/h1-3,6-7H,4-5H2. The molecule has 3 heteroatoms. The molecule has 1 aliphatic rings. The number of hydrogen-bond donors (Lipinski definition) is 0. The van der Waals surface area contributed by atoms with E-state index in [1.54, 1.807) is 0 Å². The highest BCUT2D eigenvalue weighted by molar-refractivity contribution is 9.10. The summed E-state index contributed by atoms with van der Waals surface area (Å²) in [5.74, 6) is 0. The highest BCUT2D eigenvalue weighted by Crippen LogP contribution is 2.41. The number of rotatable bonds is 1. The number of aromatic nitrogens is 1. The van der Waals surface area contributed by atoms with Crippen LogP contribution in [0.15, 0.2) is 28.9 Å². The normalized spacial score (nSPS) is 16.4. The molecule has 1 aromatic carbocycles. The molecule has 0 unspecified atom stereocenters. The SMILES string of the molecule is Clc1cccc2c1c(Br)cn2C1CC1. The van der Waals surface area contributed by atoms with Gasteiger partial charge in [0.15, 0.2) is 0 Å². The lowest BCUT2D eigenvalue weighted by Gasteiger charge is -2.01. The van der Waals surface area contributed by atoms with Crippen LogP contribution < -0.4 is 0 Å². The van der Waals surface area contributed by atoms with Crippen molar-refractivity contribution < 1.29 is 0 Å². The van der Waals surface area contributed by atoms with Gasteiger partial charge in [-0.2, -0.15) is 0 Å². The molecule has 1 fully saturated rings. The molecule has 1 aliphatic carbocycles. The summed E-state index contributed by atoms with van der Waals surface area (Å²) < 4.78 is 3.43. The van der Waals surface area contributed by atoms with Crippen molar-refractivity contribution in [2.45, 2.75) is 18.9 Å². The van der Waals surface area contributed by atoms with E-state index in [2.05, 4.69) is 32.8 Å².